The van der Waals surface area contributed by atoms with E-state index in [-0.39, 0.29) is 6.04 Å². The fourth-order valence-electron chi connectivity index (χ4n) is 2.20. The van der Waals surface area contributed by atoms with Gasteiger partial charge >= 0.3 is 0 Å². The van der Waals surface area contributed by atoms with E-state index in [1.54, 1.807) is 6.20 Å². The Balaban J connectivity index is 2.05. The highest BCUT2D eigenvalue weighted by atomic mass is 15.2. The van der Waals surface area contributed by atoms with Gasteiger partial charge in [0.25, 0.3) is 0 Å². The lowest BCUT2D eigenvalue weighted by atomic mass is 10.0. The van der Waals surface area contributed by atoms with E-state index >= 15 is 0 Å². The largest absolute Gasteiger partial charge is 0.304 e. The summed E-state index contributed by atoms with van der Waals surface area (Å²) in [6.45, 7) is 2.93. The Morgan fingerprint density at radius 2 is 2.21 bits per heavy atom. The number of H-pyrrole nitrogens is 1. The highest BCUT2D eigenvalue weighted by Gasteiger charge is 2.15. The van der Waals surface area contributed by atoms with Gasteiger partial charge in [-0.1, -0.05) is 19.1 Å². The highest BCUT2D eigenvalue weighted by molar-refractivity contribution is 5.79. The fourth-order valence-corrected chi connectivity index (χ4v) is 2.20. The third-order valence-electron chi connectivity index (χ3n) is 3.08. The Kier molecular flexibility index (Phi) is 3.20. The SMILES string of the molecule is CCNC(c1ccc2ncccc2c1)c1ncn[nH]1. The molecule has 1 unspecified atom stereocenters. The number of rotatable bonds is 4. The standard InChI is InChI=1S/C14H15N5/c1-2-15-13(14-17-9-18-19-14)11-5-6-12-10(8-11)4-3-7-16-12/h3-9,13,15H,2H2,1H3,(H,17,18,19). The van der Waals surface area contributed by atoms with Crippen LogP contribution in [0.15, 0.2) is 42.9 Å². The second-order valence-electron chi connectivity index (χ2n) is 4.32. The maximum Gasteiger partial charge on any atom is 0.145 e. The molecule has 2 heterocycles. The summed E-state index contributed by atoms with van der Waals surface area (Å²) in [4.78, 5) is 8.58. The fraction of sp³-hybridized carbons (Fsp3) is 0.214. The van der Waals surface area contributed by atoms with Crippen molar-refractivity contribution in [3.05, 3.63) is 54.2 Å². The summed E-state index contributed by atoms with van der Waals surface area (Å²) in [6.07, 6.45) is 3.34. The minimum absolute atomic E-state index is 0.0251. The summed E-state index contributed by atoms with van der Waals surface area (Å²) in [7, 11) is 0. The number of benzene rings is 1. The van der Waals surface area contributed by atoms with E-state index in [9.17, 15) is 0 Å². The summed E-state index contributed by atoms with van der Waals surface area (Å²) in [6, 6.07) is 10.3. The molecule has 0 fully saturated rings. The third-order valence-corrected chi connectivity index (χ3v) is 3.08. The second-order valence-corrected chi connectivity index (χ2v) is 4.32. The lowest BCUT2D eigenvalue weighted by molar-refractivity contribution is 0.600. The van der Waals surface area contributed by atoms with Crippen LogP contribution in [0.3, 0.4) is 0 Å². The number of hydrogen-bond donors (Lipinski definition) is 2. The maximum absolute atomic E-state index is 4.33. The van der Waals surface area contributed by atoms with Gasteiger partial charge in [-0.05, 0) is 30.3 Å². The van der Waals surface area contributed by atoms with Gasteiger partial charge in [0.1, 0.15) is 12.2 Å². The number of aromatic nitrogens is 4. The van der Waals surface area contributed by atoms with Gasteiger partial charge in [-0.3, -0.25) is 10.1 Å². The molecule has 5 heteroatoms. The van der Waals surface area contributed by atoms with E-state index in [0.717, 1.165) is 28.8 Å². The molecular weight excluding hydrogens is 238 g/mol. The van der Waals surface area contributed by atoms with Crippen LogP contribution in [-0.4, -0.2) is 26.7 Å². The van der Waals surface area contributed by atoms with E-state index in [1.165, 1.54) is 6.33 Å². The topological polar surface area (TPSA) is 66.5 Å². The number of pyridine rings is 1. The first-order valence-corrected chi connectivity index (χ1v) is 6.32. The van der Waals surface area contributed by atoms with Crippen molar-refractivity contribution in [1.82, 2.24) is 25.5 Å². The molecule has 19 heavy (non-hydrogen) atoms. The Morgan fingerprint density at radius 3 is 3.00 bits per heavy atom. The summed E-state index contributed by atoms with van der Waals surface area (Å²) < 4.78 is 0. The van der Waals surface area contributed by atoms with Gasteiger partial charge in [0, 0.05) is 11.6 Å². The molecule has 96 valence electrons. The second kappa shape index (κ2) is 5.16. The molecule has 0 aliphatic heterocycles. The number of nitrogens with one attached hydrogen (secondary N) is 2. The molecule has 2 aromatic heterocycles. The van der Waals surface area contributed by atoms with E-state index in [0.29, 0.717) is 0 Å². The zero-order valence-electron chi connectivity index (χ0n) is 10.7. The predicted octanol–water partition coefficient (Wildman–Crippen LogP) is 2.05. The zero-order chi connectivity index (χ0) is 13.1. The molecule has 1 atom stereocenters. The predicted molar refractivity (Wildman–Crippen MR) is 73.6 cm³/mol. The van der Waals surface area contributed by atoms with Crippen LogP contribution in [0.5, 0.6) is 0 Å². The average Bonchev–Trinajstić information content (AvgIpc) is 2.98. The first-order chi connectivity index (χ1) is 9.38. The Labute approximate surface area is 111 Å². The highest BCUT2D eigenvalue weighted by Crippen LogP contribution is 2.22. The van der Waals surface area contributed by atoms with Crippen LogP contribution in [0.25, 0.3) is 10.9 Å². The van der Waals surface area contributed by atoms with Gasteiger partial charge in [-0.25, -0.2) is 4.98 Å². The quantitative estimate of drug-likeness (QED) is 0.747. The lowest BCUT2D eigenvalue weighted by Crippen LogP contribution is -2.23. The van der Waals surface area contributed by atoms with Crippen molar-refractivity contribution >= 4 is 10.9 Å². The monoisotopic (exact) mass is 253 g/mol. The smallest absolute Gasteiger partial charge is 0.145 e. The molecule has 2 N–H and O–H groups in total. The molecule has 0 amide bonds. The van der Waals surface area contributed by atoms with Crippen molar-refractivity contribution < 1.29 is 0 Å². The summed E-state index contributed by atoms with van der Waals surface area (Å²) in [5, 5.41) is 11.4. The first-order valence-electron chi connectivity index (χ1n) is 6.32. The van der Waals surface area contributed by atoms with Gasteiger partial charge < -0.3 is 5.32 Å². The molecule has 1 aromatic carbocycles. The van der Waals surface area contributed by atoms with Crippen LogP contribution in [0, 0.1) is 0 Å². The van der Waals surface area contributed by atoms with Gasteiger partial charge in [-0.15, -0.1) is 0 Å². The van der Waals surface area contributed by atoms with Crippen LogP contribution >= 0.6 is 0 Å². The molecule has 0 spiro atoms. The number of fused-ring (bicyclic) bond motifs is 1. The van der Waals surface area contributed by atoms with Gasteiger partial charge in [0.15, 0.2) is 0 Å². The van der Waals surface area contributed by atoms with Crippen LogP contribution in [0.2, 0.25) is 0 Å². The molecular formula is C14H15N5. The van der Waals surface area contributed by atoms with Crippen molar-refractivity contribution in [2.24, 2.45) is 0 Å². The van der Waals surface area contributed by atoms with E-state index < -0.39 is 0 Å². The van der Waals surface area contributed by atoms with Gasteiger partial charge in [0.05, 0.1) is 11.6 Å². The van der Waals surface area contributed by atoms with Crippen LogP contribution in [0.1, 0.15) is 24.4 Å². The normalized spacial score (nSPS) is 12.7. The van der Waals surface area contributed by atoms with Crippen molar-refractivity contribution in [2.45, 2.75) is 13.0 Å². The minimum atomic E-state index is 0.0251. The Morgan fingerprint density at radius 1 is 1.26 bits per heavy atom. The first kappa shape index (κ1) is 11.8. The Bertz CT molecular complexity index is 662. The third kappa shape index (κ3) is 2.32. The van der Waals surface area contributed by atoms with Gasteiger partial charge in [-0.2, -0.15) is 5.10 Å². The van der Waals surface area contributed by atoms with Crippen LogP contribution in [0.4, 0.5) is 0 Å². The molecule has 0 bridgehead atoms. The minimum Gasteiger partial charge on any atom is -0.304 e. The van der Waals surface area contributed by atoms with E-state index in [1.807, 2.05) is 12.1 Å². The number of aromatic amines is 1. The van der Waals surface area contributed by atoms with Crippen LogP contribution in [-0.2, 0) is 0 Å². The number of nitrogens with zero attached hydrogens (tertiary/aromatic N) is 3. The molecule has 3 rings (SSSR count). The molecule has 5 nitrogen and oxygen atoms in total. The van der Waals surface area contributed by atoms with E-state index in [4.69, 9.17) is 0 Å². The molecule has 0 radical (unpaired) electrons. The van der Waals surface area contributed by atoms with Crippen molar-refractivity contribution in [3.8, 4) is 0 Å². The maximum atomic E-state index is 4.33. The van der Waals surface area contributed by atoms with Crippen molar-refractivity contribution in [1.29, 1.82) is 0 Å². The number of hydrogen-bond acceptors (Lipinski definition) is 4. The summed E-state index contributed by atoms with van der Waals surface area (Å²) in [5.74, 6) is 0.824. The zero-order valence-corrected chi connectivity index (χ0v) is 10.7. The van der Waals surface area contributed by atoms with E-state index in [2.05, 4.69) is 50.6 Å². The summed E-state index contributed by atoms with van der Waals surface area (Å²) in [5.41, 5.74) is 2.15. The molecule has 0 saturated heterocycles. The average molecular weight is 253 g/mol. The molecule has 0 aliphatic carbocycles. The van der Waals surface area contributed by atoms with Crippen molar-refractivity contribution in [2.75, 3.05) is 6.54 Å². The summed E-state index contributed by atoms with van der Waals surface area (Å²) >= 11 is 0. The molecule has 0 aliphatic rings. The molecule has 3 aromatic rings. The molecule has 0 saturated carbocycles. The Hall–Kier alpha value is -2.27. The van der Waals surface area contributed by atoms with Gasteiger partial charge in [0.2, 0.25) is 0 Å². The van der Waals surface area contributed by atoms with Crippen molar-refractivity contribution in [3.63, 3.8) is 0 Å². The lowest BCUT2D eigenvalue weighted by Gasteiger charge is -2.16. The van der Waals surface area contributed by atoms with Crippen LogP contribution < -0.4 is 5.32 Å².